The largest absolute Gasteiger partial charge is 0.371 e. The molecular formula is C16H16Cl2FN3. The number of hydrogen-bond donors (Lipinski definition) is 1. The molecule has 3 nitrogen and oxygen atoms in total. The molecule has 1 aromatic carbocycles. The first-order chi connectivity index (χ1) is 10.6. The van der Waals surface area contributed by atoms with Crippen molar-refractivity contribution in [1.82, 2.24) is 4.98 Å². The number of nitrogens with zero attached hydrogens (tertiary/aromatic N) is 2. The van der Waals surface area contributed by atoms with Gasteiger partial charge in [-0.05, 0) is 42.7 Å². The third-order valence-electron chi connectivity index (χ3n) is 3.84. The minimum atomic E-state index is -0.204. The van der Waals surface area contributed by atoms with Crippen LogP contribution in [0.4, 0.5) is 15.9 Å². The topological polar surface area (TPSA) is 28.2 Å². The predicted molar refractivity (Wildman–Crippen MR) is 89.5 cm³/mol. The fourth-order valence-electron chi connectivity index (χ4n) is 2.67. The van der Waals surface area contributed by atoms with E-state index in [0.29, 0.717) is 21.8 Å². The molecule has 0 radical (unpaired) electrons. The monoisotopic (exact) mass is 339 g/mol. The highest BCUT2D eigenvalue weighted by Gasteiger charge is 2.22. The van der Waals surface area contributed by atoms with Gasteiger partial charge in [0.25, 0.3) is 0 Å². The summed E-state index contributed by atoms with van der Waals surface area (Å²) in [6.45, 7) is 2.70. The van der Waals surface area contributed by atoms with Gasteiger partial charge in [-0.3, -0.25) is 0 Å². The lowest BCUT2D eigenvalue weighted by molar-refractivity contribution is 0.620. The number of nitrogens with one attached hydrogen (secondary N) is 1. The second-order valence-corrected chi connectivity index (χ2v) is 6.29. The Morgan fingerprint density at radius 1 is 1.27 bits per heavy atom. The number of aromatic nitrogens is 1. The van der Waals surface area contributed by atoms with Crippen LogP contribution in [0.15, 0.2) is 36.5 Å². The lowest BCUT2D eigenvalue weighted by Gasteiger charge is -2.19. The summed E-state index contributed by atoms with van der Waals surface area (Å²) in [6.07, 6.45) is 2.66. The van der Waals surface area contributed by atoms with Crippen LogP contribution in [-0.4, -0.2) is 24.6 Å². The molecule has 2 heterocycles. The molecule has 0 saturated carbocycles. The van der Waals surface area contributed by atoms with E-state index in [1.54, 1.807) is 12.3 Å². The highest BCUT2D eigenvalue weighted by atomic mass is 35.5. The van der Waals surface area contributed by atoms with Crippen molar-refractivity contribution in [3.8, 4) is 0 Å². The van der Waals surface area contributed by atoms with E-state index in [1.807, 2.05) is 12.1 Å². The third-order valence-corrected chi connectivity index (χ3v) is 4.34. The van der Waals surface area contributed by atoms with E-state index in [0.717, 1.165) is 31.7 Å². The van der Waals surface area contributed by atoms with E-state index in [1.165, 1.54) is 12.1 Å². The maximum atomic E-state index is 13.0. The van der Waals surface area contributed by atoms with Gasteiger partial charge in [0.2, 0.25) is 0 Å². The molecule has 1 saturated heterocycles. The molecule has 3 rings (SSSR count). The van der Waals surface area contributed by atoms with Gasteiger partial charge >= 0.3 is 0 Å². The van der Waals surface area contributed by atoms with Gasteiger partial charge in [-0.15, -0.1) is 0 Å². The summed E-state index contributed by atoms with van der Waals surface area (Å²) < 4.78 is 13.0. The van der Waals surface area contributed by atoms with Crippen LogP contribution in [0.1, 0.15) is 6.42 Å². The summed E-state index contributed by atoms with van der Waals surface area (Å²) in [5.74, 6) is 0.953. The maximum absolute atomic E-state index is 13.0. The molecule has 6 heteroatoms. The summed E-state index contributed by atoms with van der Waals surface area (Å²) in [4.78, 5) is 6.46. The highest BCUT2D eigenvalue weighted by molar-refractivity contribution is 6.35. The quantitative estimate of drug-likeness (QED) is 0.890. The number of hydrogen-bond acceptors (Lipinski definition) is 3. The van der Waals surface area contributed by atoms with Gasteiger partial charge in [-0.25, -0.2) is 9.37 Å². The Morgan fingerprint density at radius 2 is 2.05 bits per heavy atom. The van der Waals surface area contributed by atoms with Gasteiger partial charge in [0.1, 0.15) is 11.6 Å². The van der Waals surface area contributed by atoms with Crippen molar-refractivity contribution >= 4 is 34.7 Å². The normalized spacial score (nSPS) is 17.8. The van der Waals surface area contributed by atoms with Crippen LogP contribution < -0.4 is 10.2 Å². The van der Waals surface area contributed by atoms with Gasteiger partial charge in [-0.2, -0.15) is 0 Å². The summed E-state index contributed by atoms with van der Waals surface area (Å²) >= 11 is 11.9. The fraction of sp³-hybridized carbons (Fsp3) is 0.312. The first-order valence-corrected chi connectivity index (χ1v) is 7.93. The van der Waals surface area contributed by atoms with Crippen molar-refractivity contribution < 1.29 is 4.39 Å². The lowest BCUT2D eigenvalue weighted by Crippen LogP contribution is -2.22. The Kier molecular flexibility index (Phi) is 4.69. The Balaban J connectivity index is 1.56. The second-order valence-electron chi connectivity index (χ2n) is 5.44. The van der Waals surface area contributed by atoms with Crippen LogP contribution in [0.2, 0.25) is 10.0 Å². The van der Waals surface area contributed by atoms with E-state index in [-0.39, 0.29) is 5.82 Å². The van der Waals surface area contributed by atoms with Crippen LogP contribution in [0, 0.1) is 11.7 Å². The third kappa shape index (κ3) is 3.62. The first kappa shape index (κ1) is 15.4. The van der Waals surface area contributed by atoms with E-state index < -0.39 is 0 Å². The van der Waals surface area contributed by atoms with Crippen molar-refractivity contribution in [2.45, 2.75) is 6.42 Å². The summed E-state index contributed by atoms with van der Waals surface area (Å²) in [5, 5.41) is 4.33. The van der Waals surface area contributed by atoms with E-state index in [4.69, 9.17) is 23.2 Å². The molecule has 2 aromatic rings. The Morgan fingerprint density at radius 3 is 2.77 bits per heavy atom. The molecule has 1 fully saturated rings. The van der Waals surface area contributed by atoms with E-state index >= 15 is 0 Å². The standard InChI is InChI=1S/C16H16Cl2FN3/c17-12-7-15(18)16(21-9-12)20-8-11-5-6-22(10-11)14-3-1-13(19)2-4-14/h1-4,7,9,11H,5-6,8,10H2,(H,20,21)/t11-/m0/s1. The van der Waals surface area contributed by atoms with Crippen molar-refractivity contribution in [3.05, 3.63) is 52.4 Å². The molecule has 1 atom stereocenters. The summed E-state index contributed by atoms with van der Waals surface area (Å²) in [6, 6.07) is 8.32. The van der Waals surface area contributed by atoms with Gasteiger partial charge in [0.15, 0.2) is 0 Å². The van der Waals surface area contributed by atoms with Crippen molar-refractivity contribution in [3.63, 3.8) is 0 Å². The number of pyridine rings is 1. The first-order valence-electron chi connectivity index (χ1n) is 7.17. The molecule has 0 bridgehead atoms. The molecule has 0 amide bonds. The van der Waals surface area contributed by atoms with Gasteiger partial charge < -0.3 is 10.2 Å². The van der Waals surface area contributed by atoms with Gasteiger partial charge in [0, 0.05) is 31.5 Å². The van der Waals surface area contributed by atoms with Gasteiger partial charge in [0.05, 0.1) is 10.0 Å². The molecule has 1 aliphatic heterocycles. The average molecular weight is 340 g/mol. The van der Waals surface area contributed by atoms with Crippen LogP contribution in [-0.2, 0) is 0 Å². The highest BCUT2D eigenvalue weighted by Crippen LogP contribution is 2.26. The van der Waals surface area contributed by atoms with Crippen LogP contribution >= 0.6 is 23.2 Å². The fourth-order valence-corrected chi connectivity index (χ4v) is 3.12. The molecule has 0 unspecified atom stereocenters. The van der Waals surface area contributed by atoms with E-state index in [9.17, 15) is 4.39 Å². The Labute approximate surface area is 139 Å². The predicted octanol–water partition coefficient (Wildman–Crippen LogP) is 4.47. The number of halogens is 3. The minimum absolute atomic E-state index is 0.204. The van der Waals surface area contributed by atoms with Crippen molar-refractivity contribution in [2.24, 2.45) is 5.92 Å². The molecule has 116 valence electrons. The molecular weight excluding hydrogens is 324 g/mol. The maximum Gasteiger partial charge on any atom is 0.144 e. The zero-order chi connectivity index (χ0) is 15.5. The molecule has 0 aliphatic carbocycles. The zero-order valence-electron chi connectivity index (χ0n) is 11.9. The lowest BCUT2D eigenvalue weighted by atomic mass is 10.1. The van der Waals surface area contributed by atoms with Crippen LogP contribution in [0.3, 0.4) is 0 Å². The van der Waals surface area contributed by atoms with Crippen molar-refractivity contribution in [1.29, 1.82) is 0 Å². The van der Waals surface area contributed by atoms with Gasteiger partial charge in [-0.1, -0.05) is 23.2 Å². The van der Waals surface area contributed by atoms with Crippen LogP contribution in [0.25, 0.3) is 0 Å². The minimum Gasteiger partial charge on any atom is -0.371 e. The van der Waals surface area contributed by atoms with E-state index in [2.05, 4.69) is 15.2 Å². The zero-order valence-corrected chi connectivity index (χ0v) is 13.4. The average Bonchev–Trinajstić information content (AvgIpc) is 2.96. The molecule has 1 aliphatic rings. The number of anilines is 2. The summed E-state index contributed by atoms with van der Waals surface area (Å²) in [7, 11) is 0. The second kappa shape index (κ2) is 6.71. The number of rotatable bonds is 4. The Hall–Kier alpha value is -1.52. The van der Waals surface area contributed by atoms with Crippen molar-refractivity contribution in [2.75, 3.05) is 29.9 Å². The van der Waals surface area contributed by atoms with Crippen LogP contribution in [0.5, 0.6) is 0 Å². The Bertz CT molecular complexity index is 648. The summed E-state index contributed by atoms with van der Waals surface area (Å²) in [5.41, 5.74) is 1.06. The molecule has 1 aromatic heterocycles. The SMILES string of the molecule is Fc1ccc(N2CC[C@@H](CNc3ncc(Cl)cc3Cl)C2)cc1. The number of benzene rings is 1. The smallest absolute Gasteiger partial charge is 0.144 e. The molecule has 0 spiro atoms. The molecule has 1 N–H and O–H groups in total. The molecule has 22 heavy (non-hydrogen) atoms.